The topological polar surface area (TPSA) is 44.0 Å². The maximum atomic E-state index is 12.3. The number of rotatable bonds is 6. The van der Waals surface area contributed by atoms with E-state index in [1.54, 1.807) is 12.4 Å². The van der Waals surface area contributed by atoms with Crippen molar-refractivity contribution in [3.8, 4) is 0 Å². The molecular weight excluding hydrogens is 269 g/mol. The number of hydrogen-bond donors (Lipinski definition) is 2. The Bertz CT molecular complexity index is 369. The van der Waals surface area contributed by atoms with E-state index in [0.29, 0.717) is 19.1 Å². The average Bonchev–Trinajstić information content (AvgIpc) is 2.88. The van der Waals surface area contributed by atoms with Crippen LogP contribution in [0.3, 0.4) is 0 Å². The molecule has 1 saturated heterocycles. The van der Waals surface area contributed by atoms with Gasteiger partial charge < -0.3 is 10.3 Å². The molecule has 1 aromatic rings. The van der Waals surface area contributed by atoms with Crippen molar-refractivity contribution in [3.05, 3.63) is 18.2 Å². The molecule has 0 unspecified atom stereocenters. The number of piperidine rings is 1. The minimum Gasteiger partial charge on any atom is -0.349 e. The first kappa shape index (κ1) is 15.3. The zero-order chi connectivity index (χ0) is 14.4. The van der Waals surface area contributed by atoms with Crippen LogP contribution in [0.4, 0.5) is 13.2 Å². The molecule has 0 atom stereocenters. The second-order valence-electron chi connectivity index (χ2n) is 5.26. The standard InChI is InChI=1S/C13H21F3N4/c14-13(15,16)10-20-8-3-11(4-9-20)17-5-1-2-12-18-6-7-19-12/h6-7,11,17H,1-5,8-10H2,(H,18,19). The number of imidazole rings is 1. The highest BCUT2D eigenvalue weighted by Crippen LogP contribution is 2.19. The maximum Gasteiger partial charge on any atom is 0.401 e. The normalized spacial score (nSPS) is 18.6. The average molecular weight is 290 g/mol. The zero-order valence-electron chi connectivity index (χ0n) is 11.4. The van der Waals surface area contributed by atoms with Crippen molar-refractivity contribution in [3.63, 3.8) is 0 Å². The lowest BCUT2D eigenvalue weighted by molar-refractivity contribution is -0.148. The van der Waals surface area contributed by atoms with Gasteiger partial charge in [-0.3, -0.25) is 4.90 Å². The fourth-order valence-electron chi connectivity index (χ4n) is 2.55. The highest BCUT2D eigenvalue weighted by Gasteiger charge is 2.32. The van der Waals surface area contributed by atoms with Crippen molar-refractivity contribution >= 4 is 0 Å². The summed E-state index contributed by atoms with van der Waals surface area (Å²) in [6.07, 6.45) is 2.92. The van der Waals surface area contributed by atoms with Gasteiger partial charge in [-0.15, -0.1) is 0 Å². The first-order valence-electron chi connectivity index (χ1n) is 7.04. The van der Waals surface area contributed by atoms with Gasteiger partial charge in [-0.2, -0.15) is 13.2 Å². The van der Waals surface area contributed by atoms with Crippen molar-refractivity contribution in [2.45, 2.75) is 37.9 Å². The second kappa shape index (κ2) is 7.08. The van der Waals surface area contributed by atoms with E-state index in [2.05, 4.69) is 15.3 Å². The molecule has 0 bridgehead atoms. The molecule has 2 N–H and O–H groups in total. The van der Waals surface area contributed by atoms with Gasteiger partial charge in [0.25, 0.3) is 0 Å². The zero-order valence-corrected chi connectivity index (χ0v) is 11.4. The molecule has 1 aliphatic rings. The Morgan fingerprint density at radius 2 is 2.10 bits per heavy atom. The van der Waals surface area contributed by atoms with E-state index in [1.165, 1.54) is 4.90 Å². The molecule has 114 valence electrons. The summed E-state index contributed by atoms with van der Waals surface area (Å²) in [7, 11) is 0. The summed E-state index contributed by atoms with van der Waals surface area (Å²) in [6, 6.07) is 0.344. The third-order valence-corrected chi connectivity index (χ3v) is 3.57. The van der Waals surface area contributed by atoms with Gasteiger partial charge in [0.2, 0.25) is 0 Å². The third kappa shape index (κ3) is 5.50. The van der Waals surface area contributed by atoms with Crippen LogP contribution >= 0.6 is 0 Å². The smallest absolute Gasteiger partial charge is 0.349 e. The van der Waals surface area contributed by atoms with Crippen molar-refractivity contribution < 1.29 is 13.2 Å². The lowest BCUT2D eigenvalue weighted by atomic mass is 10.0. The molecule has 0 aromatic carbocycles. The molecule has 1 fully saturated rings. The number of nitrogens with one attached hydrogen (secondary N) is 2. The predicted octanol–water partition coefficient (Wildman–Crippen LogP) is 1.96. The summed E-state index contributed by atoms with van der Waals surface area (Å²) < 4.78 is 36.8. The lowest BCUT2D eigenvalue weighted by Gasteiger charge is -2.32. The van der Waals surface area contributed by atoms with E-state index in [0.717, 1.165) is 38.1 Å². The SMILES string of the molecule is FC(F)(F)CN1CCC(NCCCc2ncc[nH]2)CC1. The summed E-state index contributed by atoms with van der Waals surface area (Å²) in [5, 5.41) is 3.42. The van der Waals surface area contributed by atoms with Gasteiger partial charge in [0.15, 0.2) is 0 Å². The summed E-state index contributed by atoms with van der Waals surface area (Å²) in [5.74, 6) is 0.979. The second-order valence-corrected chi connectivity index (χ2v) is 5.26. The summed E-state index contributed by atoms with van der Waals surface area (Å²) in [4.78, 5) is 8.69. The molecule has 2 heterocycles. The first-order valence-corrected chi connectivity index (χ1v) is 7.04. The minimum absolute atomic E-state index is 0.344. The number of aromatic amines is 1. The number of aromatic nitrogens is 2. The van der Waals surface area contributed by atoms with Crippen molar-refractivity contribution in [1.82, 2.24) is 20.2 Å². The Hall–Kier alpha value is -1.08. The van der Waals surface area contributed by atoms with Gasteiger partial charge in [0.1, 0.15) is 5.82 Å². The summed E-state index contributed by atoms with van der Waals surface area (Å²) in [5.41, 5.74) is 0. The third-order valence-electron chi connectivity index (χ3n) is 3.57. The molecule has 0 saturated carbocycles. The van der Waals surface area contributed by atoms with Crippen LogP contribution in [0.2, 0.25) is 0 Å². The Balaban J connectivity index is 1.55. The van der Waals surface area contributed by atoms with E-state index in [4.69, 9.17) is 0 Å². The maximum absolute atomic E-state index is 12.3. The Morgan fingerprint density at radius 3 is 2.70 bits per heavy atom. The number of likely N-dealkylation sites (tertiary alicyclic amines) is 1. The largest absolute Gasteiger partial charge is 0.401 e. The van der Waals surface area contributed by atoms with Gasteiger partial charge in [-0.05, 0) is 38.9 Å². The van der Waals surface area contributed by atoms with Gasteiger partial charge in [-0.1, -0.05) is 0 Å². The predicted molar refractivity (Wildman–Crippen MR) is 70.4 cm³/mol. The highest BCUT2D eigenvalue weighted by atomic mass is 19.4. The number of aryl methyl sites for hydroxylation is 1. The molecule has 20 heavy (non-hydrogen) atoms. The molecule has 1 aromatic heterocycles. The van der Waals surface area contributed by atoms with E-state index < -0.39 is 12.7 Å². The molecular formula is C13H21F3N4. The van der Waals surface area contributed by atoms with Crippen LogP contribution in [-0.2, 0) is 6.42 Å². The molecule has 0 radical (unpaired) electrons. The van der Waals surface area contributed by atoms with Crippen LogP contribution in [0.25, 0.3) is 0 Å². The first-order chi connectivity index (χ1) is 9.53. The monoisotopic (exact) mass is 290 g/mol. The summed E-state index contributed by atoms with van der Waals surface area (Å²) >= 11 is 0. The fourth-order valence-corrected chi connectivity index (χ4v) is 2.55. The fraction of sp³-hybridized carbons (Fsp3) is 0.769. The molecule has 7 heteroatoms. The number of nitrogens with zero attached hydrogens (tertiary/aromatic N) is 2. The van der Waals surface area contributed by atoms with Crippen LogP contribution in [-0.4, -0.2) is 53.3 Å². The van der Waals surface area contributed by atoms with Crippen LogP contribution in [0.15, 0.2) is 12.4 Å². The van der Waals surface area contributed by atoms with E-state index in [-0.39, 0.29) is 0 Å². The molecule has 0 spiro atoms. The van der Waals surface area contributed by atoms with Crippen LogP contribution in [0.5, 0.6) is 0 Å². The van der Waals surface area contributed by atoms with Crippen molar-refractivity contribution in [1.29, 1.82) is 0 Å². The van der Waals surface area contributed by atoms with Crippen molar-refractivity contribution in [2.75, 3.05) is 26.2 Å². The van der Waals surface area contributed by atoms with Gasteiger partial charge in [0, 0.05) is 24.9 Å². The van der Waals surface area contributed by atoms with Gasteiger partial charge in [-0.25, -0.2) is 4.98 Å². The Labute approximate surface area is 116 Å². The van der Waals surface area contributed by atoms with Crippen LogP contribution in [0.1, 0.15) is 25.1 Å². The number of alkyl halides is 3. The molecule has 1 aliphatic heterocycles. The molecule has 0 amide bonds. The van der Waals surface area contributed by atoms with Crippen LogP contribution < -0.4 is 5.32 Å². The quantitative estimate of drug-likeness (QED) is 0.787. The molecule has 0 aliphatic carbocycles. The number of halogens is 3. The Morgan fingerprint density at radius 1 is 1.35 bits per heavy atom. The van der Waals surface area contributed by atoms with Crippen molar-refractivity contribution in [2.24, 2.45) is 0 Å². The van der Waals surface area contributed by atoms with Crippen LogP contribution in [0, 0.1) is 0 Å². The summed E-state index contributed by atoms with van der Waals surface area (Å²) in [6.45, 7) is 1.15. The minimum atomic E-state index is -4.08. The van der Waals surface area contributed by atoms with Gasteiger partial charge >= 0.3 is 6.18 Å². The number of H-pyrrole nitrogens is 1. The number of hydrogen-bond acceptors (Lipinski definition) is 3. The lowest BCUT2D eigenvalue weighted by Crippen LogP contribution is -2.45. The van der Waals surface area contributed by atoms with E-state index >= 15 is 0 Å². The molecule has 4 nitrogen and oxygen atoms in total. The Kier molecular flexibility index (Phi) is 5.42. The van der Waals surface area contributed by atoms with E-state index in [1.807, 2.05) is 0 Å². The van der Waals surface area contributed by atoms with E-state index in [9.17, 15) is 13.2 Å². The van der Waals surface area contributed by atoms with Gasteiger partial charge in [0.05, 0.1) is 6.54 Å². The highest BCUT2D eigenvalue weighted by molar-refractivity contribution is 4.87. The molecule has 2 rings (SSSR count).